The van der Waals surface area contributed by atoms with Gasteiger partial charge < -0.3 is 10.2 Å². The molecule has 1 heterocycles. The standard InChI is InChI=1S/C6H8N4O3/c1-13-6-3-4(10(11)12)2-5(8-6)9-7/h2-3H,7H2,1H3,(H,8,9). The van der Waals surface area contributed by atoms with Gasteiger partial charge in [0.2, 0.25) is 5.88 Å². The highest BCUT2D eigenvalue weighted by Crippen LogP contribution is 2.20. The molecule has 0 bridgehead atoms. The minimum atomic E-state index is -0.551. The van der Waals surface area contributed by atoms with Crippen molar-refractivity contribution < 1.29 is 9.66 Å². The molecule has 0 radical (unpaired) electrons. The minimum Gasteiger partial charge on any atom is -0.481 e. The van der Waals surface area contributed by atoms with E-state index >= 15 is 0 Å². The molecule has 13 heavy (non-hydrogen) atoms. The second-order valence-corrected chi connectivity index (χ2v) is 2.15. The maximum absolute atomic E-state index is 10.4. The van der Waals surface area contributed by atoms with Gasteiger partial charge in [-0.05, 0) is 0 Å². The van der Waals surface area contributed by atoms with E-state index < -0.39 is 4.92 Å². The van der Waals surface area contributed by atoms with Crippen LogP contribution in [0.15, 0.2) is 12.1 Å². The molecule has 0 unspecified atom stereocenters. The third-order valence-corrected chi connectivity index (χ3v) is 1.35. The van der Waals surface area contributed by atoms with E-state index in [1.807, 2.05) is 0 Å². The molecule has 0 saturated heterocycles. The number of hydrogen-bond donors (Lipinski definition) is 2. The van der Waals surface area contributed by atoms with E-state index in [9.17, 15) is 10.1 Å². The number of nitrogen functional groups attached to an aromatic ring is 1. The van der Waals surface area contributed by atoms with Gasteiger partial charge in [0, 0.05) is 0 Å². The van der Waals surface area contributed by atoms with Crippen LogP contribution in [-0.2, 0) is 0 Å². The van der Waals surface area contributed by atoms with Crippen molar-refractivity contribution >= 4 is 11.5 Å². The normalized spacial score (nSPS) is 9.38. The number of methoxy groups -OCH3 is 1. The molecule has 0 amide bonds. The number of aromatic nitrogens is 1. The van der Waals surface area contributed by atoms with Crippen LogP contribution in [0.25, 0.3) is 0 Å². The Morgan fingerprint density at radius 2 is 2.38 bits per heavy atom. The summed E-state index contributed by atoms with van der Waals surface area (Å²) in [5.41, 5.74) is 2.08. The lowest BCUT2D eigenvalue weighted by molar-refractivity contribution is -0.384. The van der Waals surface area contributed by atoms with Gasteiger partial charge in [0.15, 0.2) is 5.82 Å². The molecule has 0 atom stereocenters. The summed E-state index contributed by atoms with van der Waals surface area (Å²) in [5, 5.41) is 10.4. The number of nitro groups is 1. The van der Waals surface area contributed by atoms with Crippen molar-refractivity contribution in [2.45, 2.75) is 0 Å². The van der Waals surface area contributed by atoms with Crippen molar-refractivity contribution in [3.05, 3.63) is 22.2 Å². The lowest BCUT2D eigenvalue weighted by atomic mass is 10.4. The Morgan fingerprint density at radius 1 is 1.69 bits per heavy atom. The molecular formula is C6H8N4O3. The van der Waals surface area contributed by atoms with Crippen molar-refractivity contribution in [3.8, 4) is 5.88 Å². The highest BCUT2D eigenvalue weighted by Gasteiger charge is 2.10. The van der Waals surface area contributed by atoms with Gasteiger partial charge in [-0.3, -0.25) is 10.1 Å². The van der Waals surface area contributed by atoms with Gasteiger partial charge in [0.1, 0.15) is 0 Å². The van der Waals surface area contributed by atoms with Crippen LogP contribution in [0.2, 0.25) is 0 Å². The summed E-state index contributed by atoms with van der Waals surface area (Å²) in [4.78, 5) is 13.6. The Morgan fingerprint density at radius 3 is 2.85 bits per heavy atom. The molecule has 0 aliphatic carbocycles. The van der Waals surface area contributed by atoms with Gasteiger partial charge in [-0.1, -0.05) is 0 Å². The minimum absolute atomic E-state index is 0.125. The lowest BCUT2D eigenvalue weighted by Crippen LogP contribution is -2.09. The molecule has 70 valence electrons. The largest absolute Gasteiger partial charge is 0.481 e. The maximum atomic E-state index is 10.4. The number of hydrogen-bond acceptors (Lipinski definition) is 6. The predicted octanol–water partition coefficient (Wildman–Crippen LogP) is 0.284. The molecular weight excluding hydrogens is 176 g/mol. The van der Waals surface area contributed by atoms with Crippen molar-refractivity contribution in [2.75, 3.05) is 12.5 Å². The average molecular weight is 184 g/mol. The number of nitrogens with two attached hydrogens (primary N) is 1. The molecule has 1 aromatic rings. The topological polar surface area (TPSA) is 103 Å². The van der Waals surface area contributed by atoms with Crippen LogP contribution in [0.3, 0.4) is 0 Å². The zero-order valence-corrected chi connectivity index (χ0v) is 6.85. The fourth-order valence-corrected chi connectivity index (χ4v) is 0.775. The lowest BCUT2D eigenvalue weighted by Gasteiger charge is -2.02. The molecule has 0 fully saturated rings. The molecule has 1 rings (SSSR count). The molecule has 0 spiro atoms. The van der Waals surface area contributed by atoms with Crippen LogP contribution in [-0.4, -0.2) is 17.0 Å². The van der Waals surface area contributed by atoms with E-state index in [1.165, 1.54) is 19.2 Å². The summed E-state index contributed by atoms with van der Waals surface area (Å²) < 4.78 is 4.74. The number of hydrazine groups is 1. The third kappa shape index (κ3) is 2.03. The number of nitrogens with zero attached hydrogens (tertiary/aromatic N) is 2. The smallest absolute Gasteiger partial charge is 0.278 e. The van der Waals surface area contributed by atoms with Crippen molar-refractivity contribution in [3.63, 3.8) is 0 Å². The fraction of sp³-hybridized carbons (Fsp3) is 0.167. The SMILES string of the molecule is COc1cc([N+](=O)[O-])cc(NN)n1. The van der Waals surface area contributed by atoms with Gasteiger partial charge in [-0.15, -0.1) is 0 Å². The van der Waals surface area contributed by atoms with E-state index in [0.29, 0.717) is 0 Å². The van der Waals surface area contributed by atoms with Crippen LogP contribution in [0.1, 0.15) is 0 Å². The molecule has 3 N–H and O–H groups in total. The van der Waals surface area contributed by atoms with Crippen LogP contribution in [0.5, 0.6) is 5.88 Å². The van der Waals surface area contributed by atoms with Crippen molar-refractivity contribution in [1.29, 1.82) is 0 Å². The maximum Gasteiger partial charge on any atom is 0.278 e. The molecule has 7 heteroatoms. The number of ether oxygens (including phenoxy) is 1. The molecule has 0 aromatic carbocycles. The second kappa shape index (κ2) is 3.68. The monoisotopic (exact) mass is 184 g/mol. The van der Waals surface area contributed by atoms with Crippen LogP contribution < -0.4 is 16.0 Å². The van der Waals surface area contributed by atoms with Gasteiger partial charge in [-0.2, -0.15) is 4.98 Å². The zero-order valence-electron chi connectivity index (χ0n) is 6.85. The van der Waals surface area contributed by atoms with Crippen LogP contribution in [0, 0.1) is 10.1 Å². The summed E-state index contributed by atoms with van der Waals surface area (Å²) in [6, 6.07) is 2.42. The summed E-state index contributed by atoms with van der Waals surface area (Å²) in [7, 11) is 1.37. The zero-order chi connectivity index (χ0) is 9.84. The molecule has 0 saturated carbocycles. The van der Waals surface area contributed by atoms with Crippen molar-refractivity contribution in [1.82, 2.24) is 4.98 Å². The molecule has 0 aliphatic rings. The van der Waals surface area contributed by atoms with E-state index in [2.05, 4.69) is 10.4 Å². The van der Waals surface area contributed by atoms with Gasteiger partial charge in [0.25, 0.3) is 5.69 Å². The Balaban J connectivity index is 3.14. The Hall–Kier alpha value is -1.89. The van der Waals surface area contributed by atoms with E-state index in [1.54, 1.807) is 0 Å². The number of anilines is 1. The van der Waals surface area contributed by atoms with Crippen LogP contribution in [0.4, 0.5) is 11.5 Å². The molecule has 7 nitrogen and oxygen atoms in total. The Kier molecular flexibility index (Phi) is 2.60. The van der Waals surface area contributed by atoms with Gasteiger partial charge in [-0.25, -0.2) is 5.84 Å². The number of pyridine rings is 1. The Bertz CT molecular complexity index is 305. The first-order valence-electron chi connectivity index (χ1n) is 3.34. The highest BCUT2D eigenvalue weighted by atomic mass is 16.6. The summed E-state index contributed by atoms with van der Waals surface area (Å²) in [6.45, 7) is 0. The summed E-state index contributed by atoms with van der Waals surface area (Å²) in [6.07, 6.45) is 0. The molecule has 1 aromatic heterocycles. The highest BCUT2D eigenvalue weighted by molar-refractivity contribution is 5.47. The summed E-state index contributed by atoms with van der Waals surface area (Å²) >= 11 is 0. The average Bonchev–Trinajstić information content (AvgIpc) is 2.16. The van der Waals surface area contributed by atoms with Gasteiger partial charge in [0.05, 0.1) is 24.2 Å². The Labute approximate surface area is 73.6 Å². The predicted molar refractivity (Wildman–Crippen MR) is 45.3 cm³/mol. The third-order valence-electron chi connectivity index (χ3n) is 1.35. The van der Waals surface area contributed by atoms with Crippen molar-refractivity contribution in [2.24, 2.45) is 5.84 Å². The second-order valence-electron chi connectivity index (χ2n) is 2.15. The number of nitrogens with one attached hydrogen (secondary N) is 1. The quantitative estimate of drug-likeness (QED) is 0.397. The van der Waals surface area contributed by atoms with Crippen LogP contribution >= 0.6 is 0 Å². The summed E-state index contributed by atoms with van der Waals surface area (Å²) in [5.74, 6) is 5.38. The first kappa shape index (κ1) is 9.20. The first-order valence-corrected chi connectivity index (χ1v) is 3.34. The van der Waals surface area contributed by atoms with E-state index in [0.717, 1.165) is 0 Å². The molecule has 0 aliphatic heterocycles. The fourth-order valence-electron chi connectivity index (χ4n) is 0.775. The number of rotatable bonds is 3. The van der Waals surface area contributed by atoms with E-state index in [4.69, 9.17) is 10.6 Å². The first-order chi connectivity index (χ1) is 6.17. The van der Waals surface area contributed by atoms with E-state index in [-0.39, 0.29) is 17.4 Å². The van der Waals surface area contributed by atoms with Gasteiger partial charge >= 0.3 is 0 Å².